The van der Waals surface area contributed by atoms with Gasteiger partial charge in [0.25, 0.3) is 10.0 Å². The van der Waals surface area contributed by atoms with Gasteiger partial charge in [0.15, 0.2) is 0 Å². The van der Waals surface area contributed by atoms with Crippen LogP contribution in [0.3, 0.4) is 0 Å². The minimum atomic E-state index is -3.87. The summed E-state index contributed by atoms with van der Waals surface area (Å²) in [6.45, 7) is 5.02. The second-order valence-corrected chi connectivity index (χ2v) is 6.33. The van der Waals surface area contributed by atoms with E-state index in [9.17, 15) is 12.8 Å². The molecule has 0 bridgehead atoms. The van der Waals surface area contributed by atoms with Crippen LogP contribution in [-0.4, -0.2) is 18.2 Å². The maximum absolute atomic E-state index is 13.7. The number of halogens is 1. The molecule has 0 amide bonds. The van der Waals surface area contributed by atoms with Crippen molar-refractivity contribution in [2.24, 2.45) is 7.05 Å². The van der Waals surface area contributed by atoms with Gasteiger partial charge >= 0.3 is 0 Å². The van der Waals surface area contributed by atoms with Crippen LogP contribution in [0.5, 0.6) is 0 Å². The molecule has 0 radical (unpaired) electrons. The molecular weight excluding hydrogens is 281 g/mol. The van der Waals surface area contributed by atoms with E-state index < -0.39 is 15.8 Å². The number of rotatable bonds is 3. The highest BCUT2D eigenvalue weighted by atomic mass is 32.2. The molecular formula is C13H16FN3O2S. The monoisotopic (exact) mass is 297 g/mol. The van der Waals surface area contributed by atoms with Gasteiger partial charge in [-0.1, -0.05) is 6.07 Å². The van der Waals surface area contributed by atoms with Crippen LogP contribution in [0.15, 0.2) is 23.1 Å². The van der Waals surface area contributed by atoms with E-state index in [0.717, 1.165) is 5.56 Å². The first-order chi connectivity index (χ1) is 9.22. The summed E-state index contributed by atoms with van der Waals surface area (Å²) in [7, 11) is -2.21. The molecule has 0 atom stereocenters. The zero-order valence-corrected chi connectivity index (χ0v) is 12.5. The summed E-state index contributed by atoms with van der Waals surface area (Å²) >= 11 is 0. The van der Waals surface area contributed by atoms with Gasteiger partial charge in [0.2, 0.25) is 0 Å². The number of hydrogen-bond donors (Lipinski definition) is 1. The van der Waals surface area contributed by atoms with Gasteiger partial charge in [0.1, 0.15) is 10.7 Å². The van der Waals surface area contributed by atoms with E-state index in [2.05, 4.69) is 9.82 Å². The summed E-state index contributed by atoms with van der Waals surface area (Å²) in [5.41, 5.74) is 1.59. The minimum Gasteiger partial charge on any atom is -0.277 e. The van der Waals surface area contributed by atoms with Gasteiger partial charge in [-0.15, -0.1) is 0 Å². The second-order valence-electron chi connectivity index (χ2n) is 4.71. The van der Waals surface area contributed by atoms with Crippen molar-refractivity contribution in [3.63, 3.8) is 0 Å². The van der Waals surface area contributed by atoms with Gasteiger partial charge in [0.05, 0.1) is 17.1 Å². The van der Waals surface area contributed by atoms with Crippen LogP contribution in [0.4, 0.5) is 10.1 Å². The lowest BCUT2D eigenvalue weighted by molar-refractivity contribution is 0.597. The zero-order chi connectivity index (χ0) is 15.1. The predicted octanol–water partition coefficient (Wildman–Crippen LogP) is 2.29. The van der Waals surface area contributed by atoms with Crippen molar-refractivity contribution in [1.29, 1.82) is 0 Å². The Morgan fingerprint density at radius 2 is 1.90 bits per heavy atom. The highest BCUT2D eigenvalue weighted by Crippen LogP contribution is 2.24. The average molecular weight is 297 g/mol. The highest BCUT2D eigenvalue weighted by molar-refractivity contribution is 7.92. The van der Waals surface area contributed by atoms with Crippen LogP contribution in [0, 0.1) is 26.6 Å². The van der Waals surface area contributed by atoms with Crippen LogP contribution in [-0.2, 0) is 17.1 Å². The number of benzene rings is 1. The van der Waals surface area contributed by atoms with Gasteiger partial charge in [-0.3, -0.25) is 9.40 Å². The van der Waals surface area contributed by atoms with Gasteiger partial charge in [-0.05, 0) is 38.5 Å². The maximum Gasteiger partial charge on any atom is 0.265 e. The smallest absolute Gasteiger partial charge is 0.265 e. The Morgan fingerprint density at radius 3 is 2.45 bits per heavy atom. The van der Waals surface area contributed by atoms with Crippen LogP contribution < -0.4 is 4.72 Å². The standard InChI is InChI=1S/C13H16FN3O2S/c1-8-5-6-11(14)12(7-8)16-20(18,19)13-9(2)15-17(4)10(13)3/h5-7,16H,1-4H3. The molecule has 0 aliphatic rings. The Bertz CT molecular complexity index is 766. The first-order valence-electron chi connectivity index (χ1n) is 6.01. The first kappa shape index (κ1) is 14.5. The van der Waals surface area contributed by atoms with Crippen molar-refractivity contribution < 1.29 is 12.8 Å². The molecule has 7 heteroatoms. The number of sulfonamides is 1. The summed E-state index contributed by atoms with van der Waals surface area (Å²) in [6, 6.07) is 4.26. The molecule has 0 aliphatic carbocycles. The molecule has 1 aromatic heterocycles. The van der Waals surface area contributed by atoms with Crippen LogP contribution in [0.1, 0.15) is 17.0 Å². The van der Waals surface area contributed by atoms with E-state index in [-0.39, 0.29) is 10.6 Å². The van der Waals surface area contributed by atoms with E-state index in [1.807, 2.05) is 0 Å². The molecule has 1 heterocycles. The van der Waals surface area contributed by atoms with Crippen LogP contribution in [0.25, 0.3) is 0 Å². The van der Waals surface area contributed by atoms with Gasteiger partial charge in [0, 0.05) is 7.05 Å². The Balaban J connectivity index is 2.49. The Labute approximate surface area is 117 Å². The molecule has 0 spiro atoms. The van der Waals surface area contributed by atoms with Crippen molar-refractivity contribution >= 4 is 15.7 Å². The summed E-state index contributed by atoms with van der Waals surface area (Å²) in [6.07, 6.45) is 0. The van der Waals surface area contributed by atoms with Gasteiger partial charge in [-0.25, -0.2) is 12.8 Å². The quantitative estimate of drug-likeness (QED) is 0.945. The molecule has 0 saturated heterocycles. The fraction of sp³-hybridized carbons (Fsp3) is 0.308. The Morgan fingerprint density at radius 1 is 1.25 bits per heavy atom. The summed E-state index contributed by atoms with van der Waals surface area (Å²) in [4.78, 5) is 0.0842. The molecule has 0 unspecified atom stereocenters. The molecule has 108 valence electrons. The number of aryl methyl sites for hydroxylation is 3. The molecule has 5 nitrogen and oxygen atoms in total. The lowest BCUT2D eigenvalue weighted by Crippen LogP contribution is -2.16. The molecule has 0 fully saturated rings. The fourth-order valence-electron chi connectivity index (χ4n) is 2.06. The van der Waals surface area contributed by atoms with Gasteiger partial charge in [-0.2, -0.15) is 5.10 Å². The number of nitrogens with zero attached hydrogens (tertiary/aromatic N) is 2. The third-order valence-electron chi connectivity index (χ3n) is 3.08. The van der Waals surface area contributed by atoms with E-state index in [4.69, 9.17) is 0 Å². The van der Waals surface area contributed by atoms with E-state index in [0.29, 0.717) is 11.4 Å². The summed E-state index contributed by atoms with van der Waals surface area (Å²) < 4.78 is 42.2. The van der Waals surface area contributed by atoms with Crippen molar-refractivity contribution in [3.05, 3.63) is 41.0 Å². The second kappa shape index (κ2) is 4.90. The predicted molar refractivity (Wildman–Crippen MR) is 74.6 cm³/mol. The van der Waals surface area contributed by atoms with Crippen molar-refractivity contribution in [1.82, 2.24) is 9.78 Å². The Hall–Kier alpha value is -1.89. The normalized spacial score (nSPS) is 11.7. The lowest BCUT2D eigenvalue weighted by Gasteiger charge is -2.10. The minimum absolute atomic E-state index is 0.0624. The molecule has 0 aliphatic heterocycles. The maximum atomic E-state index is 13.7. The molecule has 20 heavy (non-hydrogen) atoms. The summed E-state index contributed by atoms with van der Waals surface area (Å²) in [5, 5.41) is 4.06. The topological polar surface area (TPSA) is 64.0 Å². The Kier molecular flexibility index (Phi) is 3.56. The number of aromatic nitrogens is 2. The molecule has 1 N–H and O–H groups in total. The van der Waals surface area contributed by atoms with Crippen LogP contribution >= 0.6 is 0 Å². The molecule has 1 aromatic carbocycles. The largest absolute Gasteiger partial charge is 0.277 e. The van der Waals surface area contributed by atoms with E-state index >= 15 is 0 Å². The number of hydrogen-bond acceptors (Lipinski definition) is 3. The van der Waals surface area contributed by atoms with Crippen LogP contribution in [0.2, 0.25) is 0 Å². The summed E-state index contributed by atoms with van der Waals surface area (Å²) in [5.74, 6) is -0.613. The average Bonchev–Trinajstić information content (AvgIpc) is 2.58. The SMILES string of the molecule is Cc1ccc(F)c(NS(=O)(=O)c2c(C)nn(C)c2C)c1. The van der Waals surface area contributed by atoms with E-state index in [1.54, 1.807) is 33.9 Å². The van der Waals surface area contributed by atoms with Crippen molar-refractivity contribution in [3.8, 4) is 0 Å². The fourth-order valence-corrected chi connectivity index (χ4v) is 3.55. The molecule has 2 rings (SSSR count). The number of anilines is 1. The first-order valence-corrected chi connectivity index (χ1v) is 7.50. The molecule has 0 saturated carbocycles. The zero-order valence-electron chi connectivity index (χ0n) is 11.7. The van der Waals surface area contributed by atoms with Crippen molar-refractivity contribution in [2.45, 2.75) is 25.7 Å². The van der Waals surface area contributed by atoms with E-state index in [1.165, 1.54) is 16.8 Å². The third-order valence-corrected chi connectivity index (χ3v) is 4.69. The lowest BCUT2D eigenvalue weighted by atomic mass is 10.2. The third kappa shape index (κ3) is 2.53. The molecule has 2 aromatic rings. The van der Waals surface area contributed by atoms with Gasteiger partial charge < -0.3 is 0 Å². The number of nitrogens with one attached hydrogen (secondary N) is 1. The van der Waals surface area contributed by atoms with Crippen molar-refractivity contribution in [2.75, 3.05) is 4.72 Å². The highest BCUT2D eigenvalue weighted by Gasteiger charge is 2.24.